The van der Waals surface area contributed by atoms with E-state index in [1.807, 2.05) is 48.2 Å². The van der Waals surface area contributed by atoms with Crippen molar-refractivity contribution in [2.24, 2.45) is 0 Å². The molecule has 0 saturated carbocycles. The van der Waals surface area contributed by atoms with Gasteiger partial charge in [-0.25, -0.2) is 4.98 Å². The van der Waals surface area contributed by atoms with Crippen LogP contribution in [0.3, 0.4) is 0 Å². The van der Waals surface area contributed by atoms with Gasteiger partial charge in [0, 0.05) is 38.3 Å². The Morgan fingerprint density at radius 1 is 1.16 bits per heavy atom. The number of Topliss-reactive ketones (excluding diaryl/α,β-unsaturated/α-hetero) is 1. The summed E-state index contributed by atoms with van der Waals surface area (Å²) in [6.07, 6.45) is 0.236. The number of carbonyl (C=O) groups is 1. The Balaban J connectivity index is 1.95. The van der Waals surface area contributed by atoms with Crippen molar-refractivity contribution in [1.82, 2.24) is 15.3 Å². The average molecular weight is 422 g/mol. The minimum atomic E-state index is -1.03. The number of aromatic amines is 1. The van der Waals surface area contributed by atoms with Crippen LogP contribution in [0.15, 0.2) is 48.3 Å². The van der Waals surface area contributed by atoms with E-state index in [1.54, 1.807) is 27.3 Å². The Morgan fingerprint density at radius 3 is 2.42 bits per heavy atom. The van der Waals surface area contributed by atoms with Crippen LogP contribution in [0.5, 0.6) is 11.5 Å². The Labute approximate surface area is 180 Å². The average Bonchev–Trinajstić information content (AvgIpc) is 3.30. The number of hydrogen-bond donors (Lipinski definition) is 3. The van der Waals surface area contributed by atoms with Gasteiger partial charge in [0.1, 0.15) is 34.3 Å². The number of benzene rings is 2. The molecule has 1 aromatic heterocycles. The van der Waals surface area contributed by atoms with E-state index in [-0.39, 0.29) is 18.8 Å². The highest BCUT2D eigenvalue weighted by Crippen LogP contribution is 2.44. The number of anilines is 1. The first kappa shape index (κ1) is 20.7. The van der Waals surface area contributed by atoms with Gasteiger partial charge in [-0.2, -0.15) is 0 Å². The van der Waals surface area contributed by atoms with Crippen molar-refractivity contribution in [2.75, 3.05) is 32.8 Å². The third-order valence-corrected chi connectivity index (χ3v) is 5.73. The van der Waals surface area contributed by atoms with Gasteiger partial charge in [0.25, 0.3) is 0 Å². The number of hydrogen-bond acceptors (Lipinski definition) is 7. The number of carbonyl (C=O) groups excluding carboxylic acids is 1. The van der Waals surface area contributed by atoms with Crippen LogP contribution in [0, 0.1) is 0 Å². The zero-order valence-corrected chi connectivity index (χ0v) is 18.0. The van der Waals surface area contributed by atoms with Crippen molar-refractivity contribution in [3.05, 3.63) is 54.1 Å². The number of para-hydroxylation sites is 2. The highest BCUT2D eigenvalue weighted by Gasteiger charge is 2.51. The van der Waals surface area contributed by atoms with Crippen molar-refractivity contribution >= 4 is 28.1 Å². The van der Waals surface area contributed by atoms with Crippen molar-refractivity contribution in [3.63, 3.8) is 0 Å². The molecule has 0 amide bonds. The molecule has 0 aliphatic carbocycles. The molecule has 0 radical (unpaired) electrons. The number of aromatic nitrogens is 2. The topological polar surface area (TPSA) is 99.7 Å². The lowest BCUT2D eigenvalue weighted by Gasteiger charge is -2.37. The van der Waals surface area contributed by atoms with E-state index in [2.05, 4.69) is 15.3 Å². The van der Waals surface area contributed by atoms with Crippen molar-refractivity contribution in [2.45, 2.75) is 18.9 Å². The highest BCUT2D eigenvalue weighted by atomic mass is 16.5. The number of rotatable bonds is 7. The second-order valence-electron chi connectivity index (χ2n) is 7.56. The molecule has 0 saturated heterocycles. The summed E-state index contributed by atoms with van der Waals surface area (Å²) in [4.78, 5) is 23.6. The zero-order valence-electron chi connectivity index (χ0n) is 18.0. The Bertz CT molecular complexity index is 1110. The van der Waals surface area contributed by atoms with Gasteiger partial charge >= 0.3 is 0 Å². The van der Waals surface area contributed by atoms with E-state index in [0.717, 1.165) is 11.0 Å². The number of nitrogens with one attached hydrogen (secondary N) is 2. The number of aliphatic hydroxyl groups excluding tert-OH is 1. The van der Waals surface area contributed by atoms with E-state index in [1.165, 1.54) is 0 Å². The number of H-pyrrole nitrogens is 1. The van der Waals surface area contributed by atoms with Gasteiger partial charge in [-0.15, -0.1) is 0 Å². The number of nitrogens with zero attached hydrogens (tertiary/aromatic N) is 2. The number of ether oxygens (including phenoxy) is 2. The molecule has 31 heavy (non-hydrogen) atoms. The minimum absolute atomic E-state index is 0.133. The van der Waals surface area contributed by atoms with Gasteiger partial charge < -0.3 is 29.8 Å². The SMILES string of the molecule is CNC1=C(c2nc3ccccc3[nH]2)C(=O)[C@](C)(CCO)N1c1cc(OC)cc(OC)c1. The Morgan fingerprint density at radius 2 is 1.84 bits per heavy atom. The fraction of sp³-hybridized carbons (Fsp3) is 0.304. The smallest absolute Gasteiger partial charge is 0.195 e. The number of fused-ring (bicyclic) bond motifs is 1. The molecule has 1 atom stereocenters. The predicted molar refractivity (Wildman–Crippen MR) is 119 cm³/mol. The first-order valence-corrected chi connectivity index (χ1v) is 10.0. The van der Waals surface area contributed by atoms with Crippen molar-refractivity contribution in [3.8, 4) is 11.5 Å². The number of aliphatic hydroxyl groups is 1. The molecule has 2 heterocycles. The van der Waals surface area contributed by atoms with E-state index in [0.29, 0.717) is 34.4 Å². The maximum absolute atomic E-state index is 13.8. The van der Waals surface area contributed by atoms with Gasteiger partial charge in [0.05, 0.1) is 30.9 Å². The minimum Gasteiger partial charge on any atom is -0.497 e. The summed E-state index contributed by atoms with van der Waals surface area (Å²) >= 11 is 0. The third-order valence-electron chi connectivity index (χ3n) is 5.73. The van der Waals surface area contributed by atoms with Crippen molar-refractivity contribution in [1.29, 1.82) is 0 Å². The van der Waals surface area contributed by atoms with Gasteiger partial charge in [-0.3, -0.25) is 4.79 Å². The van der Waals surface area contributed by atoms with Crippen LogP contribution in [-0.2, 0) is 4.79 Å². The molecule has 8 nitrogen and oxygen atoms in total. The monoisotopic (exact) mass is 422 g/mol. The van der Waals surface area contributed by atoms with Crippen LogP contribution in [0.1, 0.15) is 19.2 Å². The van der Waals surface area contributed by atoms with Crippen LogP contribution in [0.25, 0.3) is 16.6 Å². The van der Waals surface area contributed by atoms with Crippen LogP contribution in [-0.4, -0.2) is 54.3 Å². The maximum Gasteiger partial charge on any atom is 0.195 e. The molecule has 8 heteroatoms. The van der Waals surface area contributed by atoms with E-state index >= 15 is 0 Å². The van der Waals surface area contributed by atoms with Gasteiger partial charge in [0.15, 0.2) is 5.78 Å². The maximum atomic E-state index is 13.8. The molecule has 162 valence electrons. The Kier molecular flexibility index (Phi) is 5.32. The molecule has 3 N–H and O–H groups in total. The molecule has 0 fully saturated rings. The fourth-order valence-electron chi connectivity index (χ4n) is 4.14. The summed E-state index contributed by atoms with van der Waals surface area (Å²) in [5.74, 6) is 2.14. The summed E-state index contributed by atoms with van der Waals surface area (Å²) in [6.45, 7) is 1.68. The molecule has 3 aromatic rings. The standard InChI is InChI=1S/C23H26N4O4/c1-23(9-10-28)20(29)19(21-25-17-7-5-6-8-18(17)26-21)22(24-2)27(23)14-11-15(30-3)13-16(12-14)31-4/h5-8,11-13,24,28H,9-10H2,1-4H3,(H,25,26)/t23-/m0/s1. The quantitative estimate of drug-likeness (QED) is 0.538. The molecule has 1 aliphatic rings. The first-order valence-electron chi connectivity index (χ1n) is 10.0. The second-order valence-corrected chi connectivity index (χ2v) is 7.56. The van der Waals surface area contributed by atoms with Gasteiger partial charge in [-0.05, 0) is 19.1 Å². The number of methoxy groups -OCH3 is 2. The van der Waals surface area contributed by atoms with Crippen molar-refractivity contribution < 1.29 is 19.4 Å². The molecule has 1 aliphatic heterocycles. The lowest BCUT2D eigenvalue weighted by atomic mass is 9.90. The summed E-state index contributed by atoms with van der Waals surface area (Å²) in [7, 11) is 4.92. The Hall–Kier alpha value is -3.52. The zero-order chi connectivity index (χ0) is 22.2. The molecule has 4 rings (SSSR count). The third kappa shape index (κ3) is 3.29. The van der Waals surface area contributed by atoms with Crippen LogP contribution < -0.4 is 19.7 Å². The fourth-order valence-corrected chi connectivity index (χ4v) is 4.14. The van der Waals surface area contributed by atoms with E-state index in [4.69, 9.17) is 9.47 Å². The molecular weight excluding hydrogens is 396 g/mol. The number of imidazole rings is 1. The lowest BCUT2D eigenvalue weighted by molar-refractivity contribution is -0.117. The summed E-state index contributed by atoms with van der Waals surface area (Å²) < 4.78 is 10.9. The lowest BCUT2D eigenvalue weighted by Crippen LogP contribution is -2.49. The molecule has 0 bridgehead atoms. The normalized spacial score (nSPS) is 18.7. The van der Waals surface area contributed by atoms with E-state index < -0.39 is 5.54 Å². The summed E-state index contributed by atoms with van der Waals surface area (Å²) in [5.41, 5.74) is 1.74. The van der Waals surface area contributed by atoms with Gasteiger partial charge in [-0.1, -0.05) is 12.1 Å². The first-order chi connectivity index (χ1) is 15.0. The molecule has 0 unspecified atom stereocenters. The summed E-state index contributed by atoms with van der Waals surface area (Å²) in [5, 5.41) is 13.0. The van der Waals surface area contributed by atoms with Crippen LogP contribution in [0.2, 0.25) is 0 Å². The van der Waals surface area contributed by atoms with Gasteiger partial charge in [0.2, 0.25) is 0 Å². The van der Waals surface area contributed by atoms with Crippen LogP contribution >= 0.6 is 0 Å². The molecule has 0 spiro atoms. The second kappa shape index (κ2) is 7.96. The van der Waals surface area contributed by atoms with E-state index in [9.17, 15) is 9.90 Å². The molecular formula is C23H26N4O4. The van der Waals surface area contributed by atoms with Crippen LogP contribution in [0.4, 0.5) is 5.69 Å². The largest absolute Gasteiger partial charge is 0.497 e. The molecule has 2 aromatic carbocycles. The predicted octanol–water partition coefficient (Wildman–Crippen LogP) is 2.70. The number of ketones is 1. The highest BCUT2D eigenvalue weighted by molar-refractivity contribution is 6.30. The summed E-state index contributed by atoms with van der Waals surface area (Å²) in [6, 6.07) is 13.1.